The molecule has 2 heterocycles. The maximum atomic E-state index is 13.2. The van der Waals surface area contributed by atoms with Crippen molar-refractivity contribution in [3.05, 3.63) is 0 Å². The van der Waals surface area contributed by atoms with Crippen LogP contribution in [0.1, 0.15) is 38.5 Å². The van der Waals surface area contributed by atoms with Crippen LogP contribution in [0.25, 0.3) is 0 Å². The highest BCUT2D eigenvalue weighted by molar-refractivity contribution is 6.39. The molecule has 3 saturated carbocycles. The third-order valence-corrected chi connectivity index (χ3v) is 10.7. The van der Waals surface area contributed by atoms with Crippen LogP contribution in [0.2, 0.25) is 0 Å². The Morgan fingerprint density at radius 1 is 0.793 bits per heavy atom. The van der Waals surface area contributed by atoms with Crippen LogP contribution in [0.15, 0.2) is 0 Å². The molecular formula is C20H26Cl4O5. The highest BCUT2D eigenvalue weighted by Crippen LogP contribution is 2.63. The first-order chi connectivity index (χ1) is 13.8. The second kappa shape index (κ2) is 7.54. The summed E-state index contributed by atoms with van der Waals surface area (Å²) in [5.74, 6) is -1.50. The van der Waals surface area contributed by atoms with Gasteiger partial charge in [-0.2, -0.15) is 0 Å². The minimum Gasteiger partial charge on any atom is -0.458 e. The molecule has 5 rings (SSSR count). The summed E-state index contributed by atoms with van der Waals surface area (Å²) in [5, 5.41) is 18.1. The highest BCUT2D eigenvalue weighted by Gasteiger charge is 2.73. The molecule has 164 valence electrons. The van der Waals surface area contributed by atoms with Gasteiger partial charge in [-0.3, -0.25) is 4.79 Å². The van der Waals surface area contributed by atoms with Gasteiger partial charge < -0.3 is 19.7 Å². The van der Waals surface area contributed by atoms with Crippen molar-refractivity contribution in [1.82, 2.24) is 0 Å². The third kappa shape index (κ3) is 3.02. The molecule has 0 aromatic carbocycles. The van der Waals surface area contributed by atoms with Gasteiger partial charge in [-0.15, -0.1) is 46.4 Å². The lowest BCUT2D eigenvalue weighted by Crippen LogP contribution is -2.69. The van der Waals surface area contributed by atoms with Crippen LogP contribution in [0.5, 0.6) is 0 Å². The van der Waals surface area contributed by atoms with Crippen molar-refractivity contribution in [2.24, 2.45) is 23.7 Å². The number of carbonyl (C=O) groups excluding carboxylic acids is 1. The summed E-state index contributed by atoms with van der Waals surface area (Å²) in [6, 6.07) is 0. The van der Waals surface area contributed by atoms with Gasteiger partial charge >= 0.3 is 5.97 Å². The van der Waals surface area contributed by atoms with Crippen molar-refractivity contribution in [1.29, 1.82) is 0 Å². The maximum absolute atomic E-state index is 13.2. The predicted octanol–water partition coefficient (Wildman–Crippen LogP) is 3.05. The molecule has 0 bridgehead atoms. The summed E-state index contributed by atoms with van der Waals surface area (Å²) in [7, 11) is 0. The van der Waals surface area contributed by atoms with Crippen molar-refractivity contribution < 1.29 is 24.5 Å². The maximum Gasteiger partial charge on any atom is 0.311 e. The van der Waals surface area contributed by atoms with E-state index in [9.17, 15) is 15.0 Å². The number of rotatable bonds is 0. The van der Waals surface area contributed by atoms with Gasteiger partial charge in [-0.25, -0.2) is 0 Å². The van der Waals surface area contributed by atoms with Gasteiger partial charge in [0.05, 0.1) is 51.8 Å². The molecule has 2 aliphatic heterocycles. The van der Waals surface area contributed by atoms with Crippen LogP contribution < -0.4 is 0 Å². The van der Waals surface area contributed by atoms with Gasteiger partial charge in [0.1, 0.15) is 5.60 Å². The molecule has 0 aromatic rings. The molecule has 0 radical (unpaired) electrons. The summed E-state index contributed by atoms with van der Waals surface area (Å²) < 4.78 is 12.7. The molecule has 5 nitrogen and oxygen atoms in total. The number of alkyl halides is 4. The van der Waals surface area contributed by atoms with E-state index in [0.717, 1.165) is 0 Å². The summed E-state index contributed by atoms with van der Waals surface area (Å²) in [5.41, 5.74) is -0.848. The zero-order chi connectivity index (χ0) is 20.7. The second-order valence-corrected chi connectivity index (χ2v) is 11.5. The number of halogens is 4. The normalized spacial score (nSPS) is 59.6. The minimum absolute atomic E-state index is 0.0813. The Labute approximate surface area is 190 Å². The fourth-order valence-corrected chi connectivity index (χ4v) is 8.66. The van der Waals surface area contributed by atoms with Crippen LogP contribution in [-0.4, -0.2) is 67.7 Å². The topological polar surface area (TPSA) is 76.0 Å². The van der Waals surface area contributed by atoms with Gasteiger partial charge in [0.25, 0.3) is 0 Å². The lowest BCUT2D eigenvalue weighted by atomic mass is 9.54. The number of esters is 1. The van der Waals surface area contributed by atoms with Crippen LogP contribution >= 0.6 is 46.4 Å². The predicted molar refractivity (Wildman–Crippen MR) is 110 cm³/mol. The molecule has 29 heavy (non-hydrogen) atoms. The molecule has 2 saturated heterocycles. The second-order valence-electron chi connectivity index (χ2n) is 9.46. The first-order valence-electron chi connectivity index (χ1n) is 10.6. The summed E-state index contributed by atoms with van der Waals surface area (Å²) in [6.45, 7) is 0. The SMILES string of the molecule is O=C1OC2(C3CCC(O)CC3OC3CC(O)CCC32)C2C(Cl)C(Cl)C(Cl)C(Cl)C12. The van der Waals surface area contributed by atoms with Gasteiger partial charge in [-0.1, -0.05) is 0 Å². The van der Waals surface area contributed by atoms with Gasteiger partial charge in [-0.05, 0) is 38.5 Å². The number of hydrogen-bond donors (Lipinski definition) is 2. The molecule has 9 heteroatoms. The average Bonchev–Trinajstić information content (AvgIpc) is 2.97. The molecule has 0 amide bonds. The monoisotopic (exact) mass is 486 g/mol. The molecule has 3 aliphatic carbocycles. The van der Waals surface area contributed by atoms with Crippen LogP contribution in [0, 0.1) is 23.7 Å². The zero-order valence-corrected chi connectivity index (χ0v) is 18.8. The summed E-state index contributed by atoms with van der Waals surface area (Å²) >= 11 is 26.6. The Morgan fingerprint density at radius 3 is 1.86 bits per heavy atom. The first-order valence-corrected chi connectivity index (χ1v) is 12.3. The smallest absolute Gasteiger partial charge is 0.311 e. The zero-order valence-electron chi connectivity index (χ0n) is 15.8. The number of fused-ring (bicyclic) bond motifs is 6. The van der Waals surface area contributed by atoms with Gasteiger partial charge in [0, 0.05) is 17.8 Å². The van der Waals surface area contributed by atoms with E-state index in [1.54, 1.807) is 0 Å². The Hall–Kier alpha value is 0.510. The highest BCUT2D eigenvalue weighted by atomic mass is 35.5. The van der Waals surface area contributed by atoms with Crippen LogP contribution in [0.4, 0.5) is 0 Å². The van der Waals surface area contributed by atoms with E-state index in [0.29, 0.717) is 38.5 Å². The molecular weight excluding hydrogens is 462 g/mol. The summed E-state index contributed by atoms with van der Waals surface area (Å²) in [4.78, 5) is 13.2. The van der Waals surface area contributed by atoms with E-state index in [1.165, 1.54) is 0 Å². The number of aliphatic hydroxyl groups is 2. The molecule has 12 atom stereocenters. The first kappa shape index (κ1) is 21.4. The number of hydrogen-bond acceptors (Lipinski definition) is 5. The lowest BCUT2D eigenvalue weighted by Gasteiger charge is -2.60. The van der Waals surface area contributed by atoms with E-state index in [2.05, 4.69) is 0 Å². The summed E-state index contributed by atoms with van der Waals surface area (Å²) in [6.07, 6.45) is 2.19. The van der Waals surface area contributed by atoms with Crippen molar-refractivity contribution in [2.45, 2.75) is 90.1 Å². The molecule has 5 fully saturated rings. The van der Waals surface area contributed by atoms with E-state index in [1.807, 2.05) is 0 Å². The van der Waals surface area contributed by atoms with Crippen LogP contribution in [0.3, 0.4) is 0 Å². The molecule has 0 aromatic heterocycles. The van der Waals surface area contributed by atoms with Gasteiger partial charge in [0.15, 0.2) is 0 Å². The number of ether oxygens (including phenoxy) is 2. The Kier molecular flexibility index (Phi) is 5.55. The van der Waals surface area contributed by atoms with E-state index < -0.39 is 45.2 Å². The van der Waals surface area contributed by atoms with Gasteiger partial charge in [0.2, 0.25) is 0 Å². The molecule has 2 N–H and O–H groups in total. The molecule has 12 unspecified atom stereocenters. The Morgan fingerprint density at radius 2 is 1.31 bits per heavy atom. The fraction of sp³-hybridized carbons (Fsp3) is 0.950. The van der Waals surface area contributed by atoms with Crippen molar-refractivity contribution in [3.63, 3.8) is 0 Å². The van der Waals surface area contributed by atoms with E-state index >= 15 is 0 Å². The molecule has 5 aliphatic rings. The quantitative estimate of drug-likeness (QED) is 0.405. The Balaban J connectivity index is 1.62. The van der Waals surface area contributed by atoms with E-state index in [4.69, 9.17) is 55.9 Å². The van der Waals surface area contributed by atoms with Crippen molar-refractivity contribution >= 4 is 52.4 Å². The number of aliphatic hydroxyl groups excluding tert-OH is 2. The standard InChI is InChI=1S/C20H26Cl4O5/c21-15-13-14(16(22)18(24)17(15)23)20(29-19(13)27)9-3-1-7(25)5-11(9)28-12-6-8(26)2-4-10(12)20/h7-18,25-26H,1-6H2. The fourth-order valence-electron chi connectivity index (χ4n) is 6.95. The van der Waals surface area contributed by atoms with Crippen molar-refractivity contribution in [2.75, 3.05) is 0 Å². The lowest BCUT2D eigenvalue weighted by molar-refractivity contribution is -0.267. The van der Waals surface area contributed by atoms with Crippen LogP contribution in [-0.2, 0) is 14.3 Å². The largest absolute Gasteiger partial charge is 0.458 e. The third-order valence-electron chi connectivity index (χ3n) is 8.09. The average molecular weight is 488 g/mol. The molecule has 1 spiro atoms. The number of carbonyl (C=O) groups is 1. The van der Waals surface area contributed by atoms with Crippen molar-refractivity contribution in [3.8, 4) is 0 Å². The minimum atomic E-state index is -0.848. The van der Waals surface area contributed by atoms with E-state index in [-0.39, 0.29) is 35.9 Å². The Bertz CT molecular complexity index is 653.